The molecule has 0 saturated heterocycles. The van der Waals surface area contributed by atoms with Gasteiger partial charge in [0.2, 0.25) is 0 Å². The Hall–Kier alpha value is -0.770. The molecule has 0 aliphatic carbocycles. The maximum atomic E-state index is 10.7. The van der Waals surface area contributed by atoms with Crippen LogP contribution in [0.4, 0.5) is 0 Å². The van der Waals surface area contributed by atoms with Crippen LogP contribution in [0, 0.1) is 0 Å². The van der Waals surface area contributed by atoms with Crippen LogP contribution in [0.15, 0.2) is 22.0 Å². The molecule has 0 saturated carbocycles. The number of thiol groups is 1. The summed E-state index contributed by atoms with van der Waals surface area (Å²) in [6, 6.07) is 1.41. The van der Waals surface area contributed by atoms with Gasteiger partial charge < -0.3 is 0 Å². The number of hydrogen-bond donors (Lipinski definition) is 1. The first kappa shape index (κ1) is 6.35. The third kappa shape index (κ3) is 1.32. The molecule has 9 heavy (non-hydrogen) atoms. The quantitative estimate of drug-likeness (QED) is 0.520. The maximum absolute atomic E-state index is 10.7. The summed E-state index contributed by atoms with van der Waals surface area (Å²) in [4.78, 5) is 11.3. The van der Waals surface area contributed by atoms with Crippen molar-refractivity contribution in [1.29, 1.82) is 0 Å². The van der Waals surface area contributed by atoms with Crippen molar-refractivity contribution in [1.82, 2.24) is 9.78 Å². The number of aryl methyl sites for hydroxylation is 1. The first-order valence-corrected chi connectivity index (χ1v) is 2.87. The minimum Gasteiger partial charge on any atom is -0.268 e. The normalized spacial score (nSPS) is 9.56. The fraction of sp³-hybridized carbons (Fsp3) is 0.200. The molecule has 1 rings (SSSR count). The molecular formula is C5H6N2OS. The van der Waals surface area contributed by atoms with Gasteiger partial charge in [-0.15, -0.1) is 12.6 Å². The highest BCUT2D eigenvalue weighted by Crippen LogP contribution is 1.94. The van der Waals surface area contributed by atoms with Gasteiger partial charge in [0.05, 0.1) is 6.20 Å². The highest BCUT2D eigenvalue weighted by Gasteiger charge is 1.88. The summed E-state index contributed by atoms with van der Waals surface area (Å²) in [7, 11) is 1.59. The zero-order chi connectivity index (χ0) is 6.85. The van der Waals surface area contributed by atoms with E-state index < -0.39 is 0 Å². The van der Waals surface area contributed by atoms with Crippen LogP contribution >= 0.6 is 12.6 Å². The molecule has 0 bridgehead atoms. The van der Waals surface area contributed by atoms with E-state index in [-0.39, 0.29) is 5.56 Å². The van der Waals surface area contributed by atoms with Gasteiger partial charge in [0.1, 0.15) is 0 Å². The fourth-order valence-electron chi connectivity index (χ4n) is 0.460. The fourth-order valence-corrected chi connectivity index (χ4v) is 0.622. The molecule has 0 N–H and O–H groups in total. The summed E-state index contributed by atoms with van der Waals surface area (Å²) in [6.45, 7) is 0. The molecule has 0 aliphatic heterocycles. The van der Waals surface area contributed by atoms with Crippen molar-refractivity contribution in [2.24, 2.45) is 7.05 Å². The standard InChI is InChI=1S/C5H6N2OS/c1-7-5(8)2-4(9)3-6-7/h2-3,9H,1H3. The van der Waals surface area contributed by atoms with Crippen molar-refractivity contribution in [3.63, 3.8) is 0 Å². The summed E-state index contributed by atoms with van der Waals surface area (Å²) in [5, 5.41) is 3.71. The minimum atomic E-state index is -0.137. The number of nitrogens with zero attached hydrogens (tertiary/aromatic N) is 2. The molecule has 0 amide bonds. The summed E-state index contributed by atoms with van der Waals surface area (Å²) < 4.78 is 1.25. The smallest absolute Gasteiger partial charge is 0.267 e. The minimum absolute atomic E-state index is 0.137. The molecule has 1 aromatic heterocycles. The average molecular weight is 142 g/mol. The lowest BCUT2D eigenvalue weighted by molar-refractivity contribution is 0.696. The van der Waals surface area contributed by atoms with Crippen molar-refractivity contribution in [3.05, 3.63) is 22.6 Å². The highest BCUT2D eigenvalue weighted by molar-refractivity contribution is 7.80. The van der Waals surface area contributed by atoms with Crippen LogP contribution in [0.3, 0.4) is 0 Å². The second-order valence-electron chi connectivity index (χ2n) is 1.68. The van der Waals surface area contributed by atoms with E-state index in [1.165, 1.54) is 16.9 Å². The van der Waals surface area contributed by atoms with Crippen molar-refractivity contribution in [2.45, 2.75) is 4.90 Å². The van der Waals surface area contributed by atoms with E-state index >= 15 is 0 Å². The second-order valence-corrected chi connectivity index (χ2v) is 2.19. The zero-order valence-corrected chi connectivity index (χ0v) is 5.80. The topological polar surface area (TPSA) is 34.9 Å². The van der Waals surface area contributed by atoms with Gasteiger partial charge in [0.15, 0.2) is 0 Å². The first-order valence-electron chi connectivity index (χ1n) is 2.42. The van der Waals surface area contributed by atoms with Gasteiger partial charge in [-0.3, -0.25) is 4.79 Å². The second kappa shape index (κ2) is 2.23. The van der Waals surface area contributed by atoms with E-state index in [4.69, 9.17) is 0 Å². The lowest BCUT2D eigenvalue weighted by atomic mass is 10.6. The third-order valence-electron chi connectivity index (χ3n) is 0.954. The van der Waals surface area contributed by atoms with Gasteiger partial charge in [-0.05, 0) is 0 Å². The first-order chi connectivity index (χ1) is 4.20. The Bertz CT molecular complexity index is 268. The van der Waals surface area contributed by atoms with E-state index in [1.54, 1.807) is 7.05 Å². The SMILES string of the molecule is Cn1ncc(S)cc1=O. The molecule has 48 valence electrons. The number of rotatable bonds is 0. The molecule has 0 unspecified atom stereocenters. The average Bonchev–Trinajstić information content (AvgIpc) is 1.80. The van der Waals surface area contributed by atoms with E-state index in [9.17, 15) is 4.79 Å². The van der Waals surface area contributed by atoms with E-state index in [2.05, 4.69) is 17.7 Å². The van der Waals surface area contributed by atoms with Crippen molar-refractivity contribution < 1.29 is 0 Å². The number of aromatic nitrogens is 2. The summed E-state index contributed by atoms with van der Waals surface area (Å²) in [6.07, 6.45) is 1.52. The summed E-state index contributed by atoms with van der Waals surface area (Å²) >= 11 is 3.93. The van der Waals surface area contributed by atoms with Crippen molar-refractivity contribution in [2.75, 3.05) is 0 Å². The molecule has 1 heterocycles. The summed E-state index contributed by atoms with van der Waals surface area (Å²) in [5.74, 6) is 0. The van der Waals surface area contributed by atoms with Gasteiger partial charge in [0.25, 0.3) is 5.56 Å². The monoisotopic (exact) mass is 142 g/mol. The lowest BCUT2D eigenvalue weighted by Gasteiger charge is -1.92. The van der Waals surface area contributed by atoms with E-state index in [1.807, 2.05) is 0 Å². The molecule has 1 aromatic rings. The van der Waals surface area contributed by atoms with Crippen molar-refractivity contribution >= 4 is 12.6 Å². The Kier molecular flexibility index (Phi) is 1.57. The largest absolute Gasteiger partial charge is 0.268 e. The summed E-state index contributed by atoms with van der Waals surface area (Å²) in [5.41, 5.74) is -0.137. The van der Waals surface area contributed by atoms with E-state index in [0.29, 0.717) is 4.90 Å². The zero-order valence-electron chi connectivity index (χ0n) is 4.90. The third-order valence-corrected chi connectivity index (χ3v) is 1.20. The van der Waals surface area contributed by atoms with Gasteiger partial charge >= 0.3 is 0 Å². The van der Waals surface area contributed by atoms with Crippen molar-refractivity contribution in [3.8, 4) is 0 Å². The molecule has 0 spiro atoms. The van der Waals surface area contributed by atoms with Gasteiger partial charge in [0, 0.05) is 18.0 Å². The van der Waals surface area contributed by atoms with Crippen LogP contribution in [-0.2, 0) is 7.05 Å². The van der Waals surface area contributed by atoms with Gasteiger partial charge in [-0.25, -0.2) is 4.68 Å². The maximum Gasteiger partial charge on any atom is 0.267 e. The van der Waals surface area contributed by atoms with E-state index in [0.717, 1.165) is 0 Å². The molecule has 3 nitrogen and oxygen atoms in total. The van der Waals surface area contributed by atoms with Gasteiger partial charge in [-0.1, -0.05) is 0 Å². The molecule has 0 atom stereocenters. The van der Waals surface area contributed by atoms with Gasteiger partial charge in [-0.2, -0.15) is 5.10 Å². The molecular weight excluding hydrogens is 136 g/mol. The molecule has 0 radical (unpaired) electrons. The molecule has 0 aliphatic rings. The molecule has 0 aromatic carbocycles. The Morgan fingerprint density at radius 3 is 2.89 bits per heavy atom. The lowest BCUT2D eigenvalue weighted by Crippen LogP contribution is -2.17. The molecule has 4 heteroatoms. The van der Waals surface area contributed by atoms with Crippen LogP contribution in [-0.4, -0.2) is 9.78 Å². The predicted molar refractivity (Wildman–Crippen MR) is 36.7 cm³/mol. The Morgan fingerprint density at radius 1 is 1.78 bits per heavy atom. The predicted octanol–water partition coefficient (Wildman–Crippen LogP) is 0.0690. The van der Waals surface area contributed by atoms with Crippen LogP contribution < -0.4 is 5.56 Å². The Balaban J connectivity index is 3.34. The van der Waals surface area contributed by atoms with Crippen LogP contribution in [0.5, 0.6) is 0 Å². The Morgan fingerprint density at radius 2 is 2.44 bits per heavy atom. The molecule has 0 fully saturated rings. The Labute approximate surface area is 57.7 Å². The van der Waals surface area contributed by atoms with Crippen LogP contribution in [0.25, 0.3) is 0 Å². The van der Waals surface area contributed by atoms with Crippen LogP contribution in [0.1, 0.15) is 0 Å². The number of hydrogen-bond acceptors (Lipinski definition) is 3. The highest BCUT2D eigenvalue weighted by atomic mass is 32.1. The van der Waals surface area contributed by atoms with Crippen LogP contribution in [0.2, 0.25) is 0 Å².